The number of esters is 1. The van der Waals surface area contributed by atoms with Gasteiger partial charge in [-0.15, -0.1) is 0 Å². The summed E-state index contributed by atoms with van der Waals surface area (Å²) in [7, 11) is 1.23. The number of ether oxygens (including phenoxy) is 1. The second kappa shape index (κ2) is 6.08. The lowest BCUT2D eigenvalue weighted by Crippen LogP contribution is -2.30. The van der Waals surface area contributed by atoms with Gasteiger partial charge in [-0.25, -0.2) is 14.8 Å². The van der Waals surface area contributed by atoms with Crippen molar-refractivity contribution in [2.75, 3.05) is 24.8 Å². The second-order valence-electron chi connectivity index (χ2n) is 4.39. The zero-order valence-corrected chi connectivity index (χ0v) is 12.3. The molecule has 0 radical (unpaired) electrons. The van der Waals surface area contributed by atoms with Gasteiger partial charge in [0.15, 0.2) is 11.0 Å². The van der Waals surface area contributed by atoms with Crippen LogP contribution in [0.15, 0.2) is 11.4 Å². The molecular weight excluding hydrogens is 296 g/mol. The van der Waals surface area contributed by atoms with Crippen molar-refractivity contribution in [2.45, 2.75) is 11.6 Å². The number of hydrogen-bond acceptors (Lipinski definition) is 7. The predicted molar refractivity (Wildman–Crippen MR) is 74.8 cm³/mol. The maximum atomic E-state index is 12.1. The molecule has 0 spiro atoms. The van der Waals surface area contributed by atoms with E-state index in [0.29, 0.717) is 5.16 Å². The molecular formula is C12H14N4O4S. The van der Waals surface area contributed by atoms with E-state index in [1.54, 1.807) is 6.26 Å². The Bertz CT molecular complexity index is 607. The van der Waals surface area contributed by atoms with E-state index in [-0.39, 0.29) is 30.3 Å². The lowest BCUT2D eigenvalue weighted by molar-refractivity contribution is -0.123. The summed E-state index contributed by atoms with van der Waals surface area (Å²) in [6.07, 6.45) is 3.09. The monoisotopic (exact) mass is 310 g/mol. The average molecular weight is 310 g/mol. The van der Waals surface area contributed by atoms with Crippen molar-refractivity contribution in [1.82, 2.24) is 9.97 Å². The fraction of sp³-hybridized carbons (Fsp3) is 0.417. The van der Waals surface area contributed by atoms with Gasteiger partial charge < -0.3 is 10.5 Å². The molecule has 1 aromatic rings. The maximum Gasteiger partial charge on any atom is 0.343 e. The molecule has 2 amide bonds. The molecule has 0 saturated carbocycles. The smallest absolute Gasteiger partial charge is 0.343 e. The van der Waals surface area contributed by atoms with Gasteiger partial charge in [-0.1, -0.05) is 11.8 Å². The molecule has 2 heterocycles. The maximum absolute atomic E-state index is 12.1. The third-order valence-corrected chi connectivity index (χ3v) is 3.68. The summed E-state index contributed by atoms with van der Waals surface area (Å²) in [4.78, 5) is 44.5. The van der Waals surface area contributed by atoms with Crippen molar-refractivity contribution >= 4 is 35.4 Å². The molecule has 1 saturated heterocycles. The van der Waals surface area contributed by atoms with Crippen LogP contribution in [-0.2, 0) is 14.3 Å². The SMILES string of the molecule is COC(=O)c1cnc(SC)nc1N1CC(C(N)=O)CC1=O. The van der Waals surface area contributed by atoms with E-state index in [2.05, 4.69) is 14.7 Å². The number of amides is 2. The Labute approximate surface area is 125 Å². The first kappa shape index (κ1) is 15.2. The largest absolute Gasteiger partial charge is 0.465 e. The van der Waals surface area contributed by atoms with E-state index in [1.165, 1.54) is 30.0 Å². The second-order valence-corrected chi connectivity index (χ2v) is 5.17. The molecule has 9 heteroatoms. The summed E-state index contributed by atoms with van der Waals surface area (Å²) < 4.78 is 4.66. The number of thioether (sulfide) groups is 1. The Hall–Kier alpha value is -2.16. The van der Waals surface area contributed by atoms with Crippen LogP contribution >= 0.6 is 11.8 Å². The first-order valence-electron chi connectivity index (χ1n) is 6.07. The highest BCUT2D eigenvalue weighted by molar-refractivity contribution is 7.98. The quantitative estimate of drug-likeness (QED) is 0.466. The third-order valence-electron chi connectivity index (χ3n) is 3.12. The van der Waals surface area contributed by atoms with Crippen molar-refractivity contribution in [3.05, 3.63) is 11.8 Å². The molecule has 112 valence electrons. The van der Waals surface area contributed by atoms with Crippen LogP contribution in [-0.4, -0.2) is 47.7 Å². The predicted octanol–water partition coefficient (Wildman–Crippen LogP) is -0.177. The van der Waals surface area contributed by atoms with Gasteiger partial charge in [0.2, 0.25) is 11.8 Å². The minimum atomic E-state index is -0.645. The fourth-order valence-corrected chi connectivity index (χ4v) is 2.35. The van der Waals surface area contributed by atoms with Gasteiger partial charge in [-0.05, 0) is 6.26 Å². The van der Waals surface area contributed by atoms with Gasteiger partial charge in [0.25, 0.3) is 0 Å². The lowest BCUT2D eigenvalue weighted by atomic mass is 10.1. The zero-order valence-electron chi connectivity index (χ0n) is 11.5. The van der Waals surface area contributed by atoms with Gasteiger partial charge in [0, 0.05) is 19.2 Å². The Kier molecular flexibility index (Phi) is 4.41. The number of carbonyl (C=O) groups is 3. The minimum Gasteiger partial charge on any atom is -0.465 e. The number of aromatic nitrogens is 2. The Morgan fingerprint density at radius 3 is 2.76 bits per heavy atom. The van der Waals surface area contributed by atoms with E-state index in [1.807, 2.05) is 0 Å². The molecule has 0 bridgehead atoms. The molecule has 2 rings (SSSR count). The van der Waals surface area contributed by atoms with Gasteiger partial charge in [0.1, 0.15) is 5.56 Å². The number of methoxy groups -OCH3 is 1. The molecule has 1 unspecified atom stereocenters. The first-order valence-corrected chi connectivity index (χ1v) is 7.29. The van der Waals surface area contributed by atoms with E-state index >= 15 is 0 Å². The zero-order chi connectivity index (χ0) is 15.6. The van der Waals surface area contributed by atoms with Crippen molar-refractivity contribution in [3.8, 4) is 0 Å². The van der Waals surface area contributed by atoms with Crippen LogP contribution in [0.25, 0.3) is 0 Å². The van der Waals surface area contributed by atoms with Crippen LogP contribution in [0, 0.1) is 5.92 Å². The molecule has 1 aliphatic heterocycles. The number of nitrogens with zero attached hydrogens (tertiary/aromatic N) is 3. The van der Waals surface area contributed by atoms with Crippen LogP contribution in [0.2, 0.25) is 0 Å². The molecule has 1 atom stereocenters. The van der Waals surface area contributed by atoms with E-state index in [9.17, 15) is 14.4 Å². The normalized spacial score (nSPS) is 17.9. The third kappa shape index (κ3) is 2.97. The van der Waals surface area contributed by atoms with Gasteiger partial charge in [0.05, 0.1) is 13.0 Å². The van der Waals surface area contributed by atoms with E-state index < -0.39 is 17.8 Å². The number of carbonyl (C=O) groups excluding carboxylic acids is 3. The van der Waals surface area contributed by atoms with Crippen LogP contribution in [0.1, 0.15) is 16.8 Å². The van der Waals surface area contributed by atoms with Crippen LogP contribution < -0.4 is 10.6 Å². The van der Waals surface area contributed by atoms with Crippen molar-refractivity contribution in [2.24, 2.45) is 11.7 Å². The van der Waals surface area contributed by atoms with Crippen LogP contribution in [0.3, 0.4) is 0 Å². The molecule has 0 aliphatic carbocycles. The van der Waals surface area contributed by atoms with Gasteiger partial charge >= 0.3 is 5.97 Å². The van der Waals surface area contributed by atoms with Crippen molar-refractivity contribution in [1.29, 1.82) is 0 Å². The summed E-state index contributed by atoms with van der Waals surface area (Å²) in [6, 6.07) is 0. The van der Waals surface area contributed by atoms with E-state index in [0.717, 1.165) is 0 Å². The molecule has 1 aliphatic rings. The van der Waals surface area contributed by atoms with Gasteiger partial charge in [-0.2, -0.15) is 0 Å². The number of hydrogen-bond donors (Lipinski definition) is 1. The number of primary amides is 1. The minimum absolute atomic E-state index is 0.00848. The van der Waals surface area contributed by atoms with Crippen molar-refractivity contribution in [3.63, 3.8) is 0 Å². The summed E-state index contributed by atoms with van der Waals surface area (Å²) in [6.45, 7) is 0.100. The Morgan fingerprint density at radius 2 is 2.24 bits per heavy atom. The molecule has 8 nitrogen and oxygen atoms in total. The lowest BCUT2D eigenvalue weighted by Gasteiger charge is -2.18. The Morgan fingerprint density at radius 1 is 1.52 bits per heavy atom. The van der Waals surface area contributed by atoms with Gasteiger partial charge in [-0.3, -0.25) is 14.5 Å². The topological polar surface area (TPSA) is 115 Å². The first-order chi connectivity index (χ1) is 9.97. The average Bonchev–Trinajstić information content (AvgIpc) is 2.88. The molecule has 0 aromatic carbocycles. The van der Waals surface area contributed by atoms with Crippen molar-refractivity contribution < 1.29 is 19.1 Å². The molecule has 1 fully saturated rings. The van der Waals surface area contributed by atoms with E-state index in [4.69, 9.17) is 5.73 Å². The fourth-order valence-electron chi connectivity index (χ4n) is 2.02. The molecule has 21 heavy (non-hydrogen) atoms. The van der Waals surface area contributed by atoms with Crippen LogP contribution in [0.4, 0.5) is 5.82 Å². The highest BCUT2D eigenvalue weighted by atomic mass is 32.2. The number of anilines is 1. The van der Waals surface area contributed by atoms with Crippen LogP contribution in [0.5, 0.6) is 0 Å². The summed E-state index contributed by atoms with van der Waals surface area (Å²) in [5.74, 6) is -1.95. The standard InChI is InChI=1S/C12H14N4O4S/c1-20-11(19)7-4-14-12(21-2)15-10(7)16-5-6(9(13)18)3-8(16)17/h4,6H,3,5H2,1-2H3,(H2,13,18). The highest BCUT2D eigenvalue weighted by Crippen LogP contribution is 2.28. The molecule has 2 N–H and O–H groups in total. The number of rotatable bonds is 4. The highest BCUT2D eigenvalue weighted by Gasteiger charge is 2.36. The summed E-state index contributed by atoms with van der Waals surface area (Å²) in [5, 5.41) is 0.410. The number of nitrogens with two attached hydrogens (primary N) is 1. The summed E-state index contributed by atoms with van der Waals surface area (Å²) in [5.41, 5.74) is 5.31. The molecule has 1 aromatic heterocycles. The summed E-state index contributed by atoms with van der Waals surface area (Å²) >= 11 is 1.27. The Balaban J connectivity index is 2.43.